The molecule has 0 heterocycles. The van der Waals surface area contributed by atoms with Crippen molar-refractivity contribution < 1.29 is 19.5 Å². The van der Waals surface area contributed by atoms with E-state index in [0.29, 0.717) is 0 Å². The molecule has 13 heavy (non-hydrogen) atoms. The van der Waals surface area contributed by atoms with Crippen LogP contribution in [0.2, 0.25) is 0 Å². The highest BCUT2D eigenvalue weighted by Gasteiger charge is 2.23. The summed E-state index contributed by atoms with van der Waals surface area (Å²) >= 11 is 0. The van der Waals surface area contributed by atoms with E-state index in [-0.39, 0.29) is 16.7 Å². The Balaban J connectivity index is 3.32. The van der Waals surface area contributed by atoms with Crippen LogP contribution in [0, 0.1) is 5.39 Å². The molecule has 0 saturated heterocycles. The number of hydrogen-bond acceptors (Lipinski definition) is 3. The number of nitrogens with zero attached hydrogens (tertiary/aromatic N) is 2. The summed E-state index contributed by atoms with van der Waals surface area (Å²) in [4.78, 5) is 20.1. The molecule has 1 aromatic carbocycles. The first-order valence-corrected chi connectivity index (χ1v) is 4.80. The Labute approximate surface area is 73.2 Å². The number of phenolic OH excluding ortho intramolecular Hbond substituents is 1. The molecule has 0 radical (unpaired) electrons. The van der Waals surface area contributed by atoms with Gasteiger partial charge in [-0.25, -0.2) is 0 Å². The van der Waals surface area contributed by atoms with Crippen LogP contribution >= 0.6 is 7.60 Å². The minimum Gasteiger partial charge on any atom is -0.501 e. The summed E-state index contributed by atoms with van der Waals surface area (Å²) in [6.07, 6.45) is 0. The van der Waals surface area contributed by atoms with Crippen LogP contribution in [0.15, 0.2) is 18.2 Å². The van der Waals surface area contributed by atoms with Crippen LogP contribution in [0.1, 0.15) is 0 Å². The van der Waals surface area contributed by atoms with E-state index in [0.717, 1.165) is 18.2 Å². The molecule has 0 aliphatic heterocycles. The van der Waals surface area contributed by atoms with E-state index in [1.165, 1.54) is 0 Å². The Kier molecular flexibility index (Phi) is 2.34. The maximum atomic E-state index is 10.7. The van der Waals surface area contributed by atoms with Gasteiger partial charge < -0.3 is 14.9 Å². The molecule has 0 aliphatic rings. The van der Waals surface area contributed by atoms with Crippen molar-refractivity contribution in [2.45, 2.75) is 0 Å². The Hall–Kier alpha value is -1.41. The maximum absolute atomic E-state index is 10.7. The molecule has 6 nitrogen and oxygen atoms in total. The van der Waals surface area contributed by atoms with Crippen LogP contribution in [0.3, 0.4) is 0 Å². The first kappa shape index (κ1) is 9.68. The predicted molar refractivity (Wildman–Crippen MR) is 44.5 cm³/mol. The Morgan fingerprint density at radius 3 is 2.46 bits per heavy atom. The normalized spacial score (nSPS) is 10.8. The summed E-state index contributed by atoms with van der Waals surface area (Å²) in [5.74, 6) is -0.347. The van der Waals surface area contributed by atoms with Gasteiger partial charge in [0.1, 0.15) is 0 Å². The van der Waals surface area contributed by atoms with Gasteiger partial charge >= 0.3 is 13.3 Å². The average Bonchev–Trinajstić information content (AvgIpc) is 2.03. The Bertz CT molecular complexity index is 419. The fourth-order valence-corrected chi connectivity index (χ4v) is 1.33. The highest BCUT2D eigenvalue weighted by atomic mass is 31.2. The molecular formula is C6H6N2O4P+. The van der Waals surface area contributed by atoms with Gasteiger partial charge in [0.2, 0.25) is 11.1 Å². The fourth-order valence-electron chi connectivity index (χ4n) is 0.773. The first-order valence-electron chi connectivity index (χ1n) is 3.19. The number of phenols is 1. The summed E-state index contributed by atoms with van der Waals surface area (Å²) in [7, 11) is -4.36. The molecule has 0 aromatic heterocycles. The second-order valence-corrected chi connectivity index (χ2v) is 3.92. The molecule has 68 valence electrons. The van der Waals surface area contributed by atoms with Crippen molar-refractivity contribution in [1.82, 2.24) is 0 Å². The van der Waals surface area contributed by atoms with Crippen molar-refractivity contribution in [3.63, 3.8) is 0 Å². The van der Waals surface area contributed by atoms with Crippen LogP contribution in [0.25, 0.3) is 4.98 Å². The van der Waals surface area contributed by atoms with Gasteiger partial charge in [0.05, 0.1) is 11.4 Å². The van der Waals surface area contributed by atoms with E-state index in [1.807, 2.05) is 0 Å². The van der Waals surface area contributed by atoms with E-state index in [1.54, 1.807) is 0 Å². The third kappa shape index (κ3) is 2.04. The standard InChI is InChI=1S/C6H5N2O4P/c7-8-5-3-4(13(10,11)12)1-2-6(5)9/h1-3H,(H2-,9,10,11,12)/p+1. The largest absolute Gasteiger partial charge is 0.501 e. The highest BCUT2D eigenvalue weighted by Crippen LogP contribution is 2.36. The van der Waals surface area contributed by atoms with E-state index in [2.05, 4.69) is 4.98 Å². The summed E-state index contributed by atoms with van der Waals surface area (Å²) in [5.41, 5.74) is -0.277. The van der Waals surface area contributed by atoms with Gasteiger partial charge in [-0.15, -0.1) is 0 Å². The number of rotatable bonds is 1. The first-order chi connectivity index (χ1) is 5.95. The van der Waals surface area contributed by atoms with Gasteiger partial charge in [0, 0.05) is 0 Å². The smallest absolute Gasteiger partial charge is 0.426 e. The number of hydrogen-bond donors (Lipinski definition) is 3. The highest BCUT2D eigenvalue weighted by molar-refractivity contribution is 7.60. The minimum atomic E-state index is -4.36. The minimum absolute atomic E-state index is 0.277. The van der Waals surface area contributed by atoms with Gasteiger partial charge in [-0.1, -0.05) is 0 Å². The lowest BCUT2D eigenvalue weighted by molar-refractivity contribution is 0.387. The van der Waals surface area contributed by atoms with Gasteiger partial charge in [-0.2, -0.15) is 0 Å². The summed E-state index contributed by atoms with van der Waals surface area (Å²) in [6.45, 7) is 0. The SMILES string of the molecule is N#[N+]c1cc(P(=O)(O)O)ccc1O. The van der Waals surface area contributed by atoms with Crippen molar-refractivity contribution in [2.24, 2.45) is 0 Å². The van der Waals surface area contributed by atoms with E-state index in [4.69, 9.17) is 20.3 Å². The van der Waals surface area contributed by atoms with Crippen molar-refractivity contribution in [3.8, 4) is 5.75 Å². The monoisotopic (exact) mass is 201 g/mol. The van der Waals surface area contributed by atoms with E-state index in [9.17, 15) is 4.57 Å². The third-order valence-corrected chi connectivity index (χ3v) is 2.35. The molecule has 0 bridgehead atoms. The molecule has 0 unspecified atom stereocenters. The zero-order chi connectivity index (χ0) is 10.1. The molecule has 0 aliphatic carbocycles. The molecule has 0 fully saturated rings. The molecule has 7 heteroatoms. The zero-order valence-corrected chi connectivity index (χ0v) is 7.22. The third-order valence-electron chi connectivity index (χ3n) is 1.40. The fraction of sp³-hybridized carbons (Fsp3) is 0. The lowest BCUT2D eigenvalue weighted by Gasteiger charge is -2.00. The summed E-state index contributed by atoms with van der Waals surface area (Å²) < 4.78 is 10.7. The van der Waals surface area contributed by atoms with E-state index < -0.39 is 7.60 Å². The Morgan fingerprint density at radius 2 is 2.00 bits per heavy atom. The molecule has 0 spiro atoms. The average molecular weight is 201 g/mol. The molecule has 1 rings (SSSR count). The van der Waals surface area contributed by atoms with Gasteiger partial charge in [0.15, 0.2) is 4.98 Å². The quantitative estimate of drug-likeness (QED) is 0.457. The zero-order valence-electron chi connectivity index (χ0n) is 6.32. The number of benzene rings is 1. The maximum Gasteiger partial charge on any atom is 0.426 e. The lowest BCUT2D eigenvalue weighted by atomic mass is 10.3. The van der Waals surface area contributed by atoms with Crippen LogP contribution < -0.4 is 5.30 Å². The van der Waals surface area contributed by atoms with Gasteiger partial charge in [-0.05, 0) is 12.1 Å². The molecule has 0 saturated carbocycles. The van der Waals surface area contributed by atoms with Crippen LogP contribution in [0.5, 0.6) is 5.75 Å². The van der Waals surface area contributed by atoms with Crippen LogP contribution in [-0.4, -0.2) is 14.9 Å². The molecule has 0 atom stereocenters. The Morgan fingerprint density at radius 1 is 1.38 bits per heavy atom. The molecular weight excluding hydrogens is 195 g/mol. The topological polar surface area (TPSA) is 106 Å². The van der Waals surface area contributed by atoms with Gasteiger partial charge in [-0.3, -0.25) is 4.57 Å². The molecule has 3 N–H and O–H groups in total. The second-order valence-electron chi connectivity index (χ2n) is 2.32. The van der Waals surface area contributed by atoms with Crippen molar-refractivity contribution in [3.05, 3.63) is 23.2 Å². The van der Waals surface area contributed by atoms with Crippen molar-refractivity contribution >= 4 is 18.6 Å². The lowest BCUT2D eigenvalue weighted by Crippen LogP contribution is -2.01. The molecule has 1 aromatic rings. The van der Waals surface area contributed by atoms with Crippen LogP contribution in [-0.2, 0) is 4.57 Å². The second kappa shape index (κ2) is 3.15. The summed E-state index contributed by atoms with van der Waals surface area (Å²) in [5, 5.41) is 17.0. The molecule has 0 amide bonds. The van der Waals surface area contributed by atoms with E-state index >= 15 is 0 Å². The van der Waals surface area contributed by atoms with Crippen molar-refractivity contribution in [1.29, 1.82) is 5.39 Å². The summed E-state index contributed by atoms with van der Waals surface area (Å²) in [6, 6.07) is 3.02. The predicted octanol–water partition coefficient (Wildman–Crippen LogP) is 0.680. The van der Waals surface area contributed by atoms with Crippen molar-refractivity contribution in [2.75, 3.05) is 0 Å². The number of diazo groups is 1. The number of aromatic hydroxyl groups is 1. The van der Waals surface area contributed by atoms with Crippen LogP contribution in [0.4, 0.5) is 5.69 Å². The van der Waals surface area contributed by atoms with Gasteiger partial charge in [0.25, 0.3) is 0 Å².